The van der Waals surface area contributed by atoms with Gasteiger partial charge >= 0.3 is 0 Å². The van der Waals surface area contributed by atoms with Crippen LogP contribution in [0.15, 0.2) is 194 Å². The van der Waals surface area contributed by atoms with Crippen molar-refractivity contribution < 1.29 is 17.7 Å². The van der Waals surface area contributed by atoms with Crippen molar-refractivity contribution in [3.8, 4) is 0 Å². The first-order valence-corrected chi connectivity index (χ1v) is 25.8. The van der Waals surface area contributed by atoms with E-state index in [4.69, 9.17) is 17.7 Å². The highest BCUT2D eigenvalue weighted by Crippen LogP contribution is 2.46. The summed E-state index contributed by atoms with van der Waals surface area (Å²) in [7, 11) is 0. The fourth-order valence-corrected chi connectivity index (χ4v) is 12.1. The lowest BCUT2D eigenvalue weighted by atomic mass is 9.98. The molecule has 0 saturated carbocycles. The summed E-state index contributed by atoms with van der Waals surface area (Å²) in [6.07, 6.45) is 0. The van der Waals surface area contributed by atoms with E-state index in [0.29, 0.717) is 0 Å². The van der Waals surface area contributed by atoms with Gasteiger partial charge in [-0.3, -0.25) is 0 Å². The lowest BCUT2D eigenvalue weighted by molar-refractivity contribution is 0.656. The second-order valence-corrected chi connectivity index (χ2v) is 20.8. The van der Waals surface area contributed by atoms with Crippen molar-refractivity contribution in [2.45, 2.75) is 48.5 Å². The molecule has 15 rings (SSSR count). The van der Waals surface area contributed by atoms with Gasteiger partial charge in [0.25, 0.3) is 0 Å². The van der Waals surface area contributed by atoms with Gasteiger partial charge in [0, 0.05) is 83.3 Å². The Hall–Kier alpha value is -9.26. The Morgan fingerprint density at radius 3 is 1.05 bits per heavy atom. The summed E-state index contributed by atoms with van der Waals surface area (Å²) in [5.74, 6) is 0. The summed E-state index contributed by atoms with van der Waals surface area (Å²) in [6.45, 7) is 15.4. The number of anilines is 6. The Labute approximate surface area is 432 Å². The molecule has 0 N–H and O–H groups in total. The number of nitrogens with zero attached hydrogens (tertiary/aromatic N) is 2. The van der Waals surface area contributed by atoms with Gasteiger partial charge in [0.15, 0.2) is 0 Å². The summed E-state index contributed by atoms with van der Waals surface area (Å²) in [6, 6.07) is 63.4. The van der Waals surface area contributed by atoms with Crippen LogP contribution in [-0.4, -0.2) is 0 Å². The fourth-order valence-electron chi connectivity index (χ4n) is 12.1. The predicted octanol–water partition coefficient (Wildman–Crippen LogP) is 20.7. The van der Waals surface area contributed by atoms with E-state index in [2.05, 4.69) is 210 Å². The zero-order valence-corrected chi connectivity index (χ0v) is 42.8. The van der Waals surface area contributed by atoms with Gasteiger partial charge in [-0.05, 0) is 230 Å². The summed E-state index contributed by atoms with van der Waals surface area (Å²) < 4.78 is 26.2. The van der Waals surface area contributed by atoms with E-state index in [1.807, 2.05) is 24.3 Å². The molecule has 6 nitrogen and oxygen atoms in total. The quantitative estimate of drug-likeness (QED) is 0.165. The Morgan fingerprint density at radius 1 is 0.240 bits per heavy atom. The third-order valence-electron chi connectivity index (χ3n) is 16.4. The van der Waals surface area contributed by atoms with Crippen molar-refractivity contribution in [2.75, 3.05) is 9.80 Å². The smallest absolute Gasteiger partial charge is 0.139 e. The van der Waals surface area contributed by atoms with Gasteiger partial charge in [-0.1, -0.05) is 48.5 Å². The van der Waals surface area contributed by atoms with Gasteiger partial charge in [-0.25, -0.2) is 0 Å². The number of benzene rings is 11. The van der Waals surface area contributed by atoms with E-state index in [0.717, 1.165) is 149 Å². The van der Waals surface area contributed by atoms with Gasteiger partial charge < -0.3 is 27.5 Å². The first-order chi connectivity index (χ1) is 36.5. The molecule has 0 aliphatic carbocycles. The first-order valence-electron chi connectivity index (χ1n) is 25.8. The van der Waals surface area contributed by atoms with Crippen molar-refractivity contribution in [3.63, 3.8) is 0 Å². The molecule has 360 valence electrons. The minimum Gasteiger partial charge on any atom is -0.456 e. The van der Waals surface area contributed by atoms with E-state index in [1.165, 1.54) is 33.4 Å². The molecule has 4 heterocycles. The zero-order chi connectivity index (χ0) is 50.5. The van der Waals surface area contributed by atoms with Crippen LogP contribution in [0.25, 0.3) is 109 Å². The largest absolute Gasteiger partial charge is 0.456 e. The fraction of sp³-hybridized carbons (Fsp3) is 0.101. The standard InChI is InChI=1S/C69H50N2O4/c1-37-24-52(25-38(2)41(37)5)70(50-20-22-62-56(34-50)54-12-8-10-14-60(54)72-62)48-18-16-44-30-58-64(32-46(44)28-48)74-66-36-67-69(43(7)68(58)66)59-31-45-17-19-49(29-47(45)33-65(59)75-67)71(53-26-39(3)42(6)40(4)27-53)51-21-23-63-57(35-51)55-13-9-11-15-61(55)73-63/h8-36H,1-7H3. The molecule has 15 aromatic rings. The van der Waals surface area contributed by atoms with Crippen molar-refractivity contribution in [1.82, 2.24) is 0 Å². The Balaban J connectivity index is 0.843. The highest BCUT2D eigenvalue weighted by Gasteiger charge is 2.23. The summed E-state index contributed by atoms with van der Waals surface area (Å²) >= 11 is 0. The van der Waals surface area contributed by atoms with E-state index in [9.17, 15) is 0 Å². The Bertz CT molecular complexity index is 4590. The number of fused-ring (bicyclic) bond motifs is 14. The zero-order valence-electron chi connectivity index (χ0n) is 42.8. The lowest BCUT2D eigenvalue weighted by Gasteiger charge is -2.27. The van der Waals surface area contributed by atoms with Crippen molar-refractivity contribution in [3.05, 3.63) is 215 Å². The molecule has 0 spiro atoms. The van der Waals surface area contributed by atoms with Crippen molar-refractivity contribution in [1.29, 1.82) is 0 Å². The van der Waals surface area contributed by atoms with E-state index in [-0.39, 0.29) is 0 Å². The van der Waals surface area contributed by atoms with Gasteiger partial charge in [0.1, 0.15) is 44.7 Å². The molecule has 0 unspecified atom stereocenters. The number of para-hydroxylation sites is 2. The Morgan fingerprint density at radius 2 is 0.613 bits per heavy atom. The average Bonchev–Trinajstić information content (AvgIpc) is 4.23. The topological polar surface area (TPSA) is 59.0 Å². The van der Waals surface area contributed by atoms with Gasteiger partial charge in [-0.2, -0.15) is 0 Å². The van der Waals surface area contributed by atoms with Crippen LogP contribution in [0.4, 0.5) is 34.1 Å². The molecule has 0 amide bonds. The molecule has 0 aliphatic rings. The third-order valence-corrected chi connectivity index (χ3v) is 16.4. The maximum absolute atomic E-state index is 6.82. The average molecular weight is 971 g/mol. The monoisotopic (exact) mass is 970 g/mol. The van der Waals surface area contributed by atoms with Gasteiger partial charge in [0.2, 0.25) is 0 Å². The number of aryl methyl sites for hydroxylation is 5. The summed E-state index contributed by atoms with van der Waals surface area (Å²) in [5.41, 5.74) is 22.1. The number of hydrogen-bond donors (Lipinski definition) is 0. The SMILES string of the molecule is Cc1cc(N(c2ccc3cc4c(cc3c2)oc2cc3oc5cc6cc(N(c7cc(C)c(C)c(C)c7)c7ccc8oc9ccccc9c8c7)ccc6cc5c3c(C)c24)c2ccc3oc4ccccc4c3c2)cc(C)c1C. The van der Waals surface area contributed by atoms with Crippen LogP contribution in [0.3, 0.4) is 0 Å². The maximum Gasteiger partial charge on any atom is 0.139 e. The molecular formula is C69H50N2O4. The van der Waals surface area contributed by atoms with Crippen LogP contribution in [0.1, 0.15) is 38.9 Å². The second-order valence-electron chi connectivity index (χ2n) is 20.8. The second kappa shape index (κ2) is 15.9. The lowest BCUT2D eigenvalue weighted by Crippen LogP contribution is -2.11. The molecule has 0 atom stereocenters. The first kappa shape index (κ1) is 43.3. The van der Waals surface area contributed by atoms with Gasteiger partial charge in [0.05, 0.1) is 0 Å². The normalized spacial score (nSPS) is 12.2. The molecule has 0 aliphatic heterocycles. The molecule has 75 heavy (non-hydrogen) atoms. The molecule has 0 saturated heterocycles. The van der Waals surface area contributed by atoms with Crippen LogP contribution in [0.5, 0.6) is 0 Å². The molecule has 0 radical (unpaired) electrons. The van der Waals surface area contributed by atoms with Crippen LogP contribution in [0.2, 0.25) is 0 Å². The number of hydrogen-bond acceptors (Lipinski definition) is 6. The Kier molecular flexibility index (Phi) is 9.17. The molecule has 0 fully saturated rings. The third kappa shape index (κ3) is 6.58. The minimum atomic E-state index is 0.811. The minimum absolute atomic E-state index is 0.811. The van der Waals surface area contributed by atoms with Crippen molar-refractivity contribution in [2.24, 2.45) is 0 Å². The van der Waals surface area contributed by atoms with Crippen molar-refractivity contribution >= 4 is 143 Å². The van der Waals surface area contributed by atoms with Crippen LogP contribution >= 0.6 is 0 Å². The molecular weight excluding hydrogens is 921 g/mol. The molecule has 4 aromatic heterocycles. The molecule has 0 bridgehead atoms. The van der Waals surface area contributed by atoms with Crippen LogP contribution < -0.4 is 9.80 Å². The van der Waals surface area contributed by atoms with E-state index in [1.54, 1.807) is 0 Å². The van der Waals surface area contributed by atoms with Crippen LogP contribution in [0, 0.1) is 48.5 Å². The highest BCUT2D eigenvalue weighted by atomic mass is 16.3. The molecule has 11 aromatic carbocycles. The summed E-state index contributed by atoms with van der Waals surface area (Å²) in [4.78, 5) is 4.73. The highest BCUT2D eigenvalue weighted by molar-refractivity contribution is 6.21. The van der Waals surface area contributed by atoms with E-state index >= 15 is 0 Å². The molecule has 6 heteroatoms. The number of furan rings is 4. The maximum atomic E-state index is 6.82. The summed E-state index contributed by atoms with van der Waals surface area (Å²) in [5, 5.41) is 13.3. The number of rotatable bonds is 6. The van der Waals surface area contributed by atoms with Crippen LogP contribution in [-0.2, 0) is 0 Å². The van der Waals surface area contributed by atoms with E-state index < -0.39 is 0 Å². The van der Waals surface area contributed by atoms with Gasteiger partial charge in [-0.15, -0.1) is 0 Å². The predicted molar refractivity (Wildman–Crippen MR) is 313 cm³/mol.